The van der Waals surface area contributed by atoms with Crippen LogP contribution in [0.3, 0.4) is 0 Å². The Morgan fingerprint density at radius 1 is 0.650 bits per heavy atom. The average molecular weight is 1130 g/mol. The number of aliphatic hydroxyl groups is 2. The van der Waals surface area contributed by atoms with Gasteiger partial charge in [-0.25, -0.2) is 4.98 Å². The largest absolute Gasteiger partial charge is 0.394 e. The molecule has 0 radical (unpaired) electrons. The number of nitrogens with two attached hydrogens (primary N) is 1. The zero-order valence-corrected chi connectivity index (χ0v) is 46.1. The Morgan fingerprint density at radius 3 is 1.62 bits per heavy atom. The van der Waals surface area contributed by atoms with Gasteiger partial charge < -0.3 is 67.9 Å². The van der Waals surface area contributed by atoms with Crippen molar-refractivity contribution in [1.29, 1.82) is 0 Å². The first-order chi connectivity index (χ1) is 38.2. The summed E-state index contributed by atoms with van der Waals surface area (Å²) >= 11 is 1.42. The first-order valence-electron chi connectivity index (χ1n) is 26.5. The number of ketones is 1. The zero-order valence-electron chi connectivity index (χ0n) is 45.3. The Hall–Kier alpha value is -7.71. The molecule has 1 aromatic heterocycles. The molecule has 0 spiro atoms. The van der Waals surface area contributed by atoms with Crippen LogP contribution in [0.15, 0.2) is 73.2 Å². The van der Waals surface area contributed by atoms with Gasteiger partial charge in [-0.1, -0.05) is 60.7 Å². The van der Waals surface area contributed by atoms with Crippen LogP contribution in [0.25, 0.3) is 0 Å². The highest BCUT2D eigenvalue weighted by Gasteiger charge is 2.43. The van der Waals surface area contributed by atoms with Crippen molar-refractivity contribution in [2.45, 2.75) is 145 Å². The molecule has 25 nitrogen and oxygen atoms in total. The zero-order chi connectivity index (χ0) is 58.5. The Bertz CT molecular complexity index is 2630. The van der Waals surface area contributed by atoms with Crippen LogP contribution >= 0.6 is 11.8 Å². The van der Waals surface area contributed by atoms with Crippen LogP contribution in [0.5, 0.6) is 0 Å². The third-order valence-corrected chi connectivity index (χ3v) is 14.4. The summed E-state index contributed by atoms with van der Waals surface area (Å²) in [5.41, 5.74) is 7.23. The number of aromatic nitrogens is 2. The van der Waals surface area contributed by atoms with E-state index in [1.807, 2.05) is 18.2 Å². The fourth-order valence-corrected chi connectivity index (χ4v) is 9.97. The number of hydrogen-bond donors (Lipinski definition) is 11. The predicted molar refractivity (Wildman–Crippen MR) is 292 cm³/mol. The molecular weight excluding hydrogens is 1060 g/mol. The normalized spacial score (nSPS) is 17.9. The van der Waals surface area contributed by atoms with E-state index >= 15 is 0 Å². The summed E-state index contributed by atoms with van der Waals surface area (Å²) < 4.78 is 0. The second kappa shape index (κ2) is 31.2. The maximum Gasteiger partial charge on any atom is 0.248 e. The van der Waals surface area contributed by atoms with Crippen molar-refractivity contribution in [1.82, 2.24) is 57.0 Å². The van der Waals surface area contributed by atoms with Gasteiger partial charge in [0.15, 0.2) is 5.78 Å². The Kier molecular flexibility index (Phi) is 24.6. The number of imidazole rings is 1. The van der Waals surface area contributed by atoms with E-state index in [4.69, 9.17) is 5.73 Å². The highest BCUT2D eigenvalue weighted by Crippen LogP contribution is 2.22. The van der Waals surface area contributed by atoms with E-state index in [1.165, 1.54) is 50.0 Å². The van der Waals surface area contributed by atoms with E-state index < -0.39 is 126 Å². The molecule has 0 saturated carbocycles. The van der Waals surface area contributed by atoms with Crippen molar-refractivity contribution in [2.75, 3.05) is 31.7 Å². The maximum atomic E-state index is 14.5. The fourth-order valence-electron chi connectivity index (χ4n) is 9.50. The highest BCUT2D eigenvalue weighted by molar-refractivity contribution is 7.98. The van der Waals surface area contributed by atoms with Gasteiger partial charge in [-0.2, -0.15) is 11.8 Å². The third kappa shape index (κ3) is 18.7. The molecule has 3 heterocycles. The number of hydrogen-bond acceptors (Lipinski definition) is 15. The number of aliphatic hydroxyl groups excluding tert-OH is 2. The van der Waals surface area contributed by atoms with Crippen LogP contribution in [0, 0.1) is 0 Å². The molecule has 10 atom stereocenters. The van der Waals surface area contributed by atoms with Crippen molar-refractivity contribution >= 4 is 76.6 Å². The number of thioether (sulfide) groups is 1. The molecule has 0 aliphatic carbocycles. The van der Waals surface area contributed by atoms with Gasteiger partial charge in [-0.3, -0.25) is 52.7 Å². The van der Waals surface area contributed by atoms with Gasteiger partial charge in [0.1, 0.15) is 48.3 Å². The molecule has 434 valence electrons. The van der Waals surface area contributed by atoms with E-state index in [2.05, 4.69) is 47.2 Å². The van der Waals surface area contributed by atoms with Crippen LogP contribution < -0.4 is 43.0 Å². The first-order valence-corrected chi connectivity index (χ1v) is 27.9. The third-order valence-electron chi connectivity index (χ3n) is 13.8. The number of carbonyl (C=O) groups is 11. The molecule has 5 rings (SSSR count). The van der Waals surface area contributed by atoms with Crippen molar-refractivity contribution in [2.24, 2.45) is 5.73 Å². The number of Topliss-reactive ketones (excluding diaryl/α,β-unsaturated/α-hetero) is 1. The summed E-state index contributed by atoms with van der Waals surface area (Å²) in [6.45, 7) is 2.94. The van der Waals surface area contributed by atoms with Gasteiger partial charge in [0.25, 0.3) is 0 Å². The Morgan fingerprint density at radius 2 is 1.14 bits per heavy atom. The predicted octanol–water partition coefficient (Wildman–Crippen LogP) is -2.19. The standard InChI is InChI=1S/C54H74N12O13S/c1-31(68)39(25-34-13-7-5-8-14-34)60-49(74)41(27-36-28-56-30-57-36)62-52(77)44-18-12-23-66(44)54(79)46(32(2)69)64-50(75)40(26-35-15-9-6-10-16-35)61-51(76)43-17-11-22-65(43)53(78)42(29-67)63-47(72)37(19-20-45(55)71)59-48(73)38(21-24-80-4)58-33(3)70/h5-10,13-16,28,30,32,37-44,46,67,69H,11-12,17-27,29H2,1-4H3,(H2,55,71)(H,56,57)(H,58,70)(H,59,73)(H,60,74)(H,61,76)(H,62,77)(H,63,72)(H,64,75)/t32-,37+,38+,39+,40+,41+,42+,43+,44+,46?/m1/s1. The molecular formula is C54H74N12O13S. The molecule has 2 saturated heterocycles. The highest BCUT2D eigenvalue weighted by atomic mass is 32.2. The summed E-state index contributed by atoms with van der Waals surface area (Å²) in [4.78, 5) is 158. The van der Waals surface area contributed by atoms with Crippen molar-refractivity contribution < 1.29 is 63.0 Å². The minimum atomic E-state index is -1.65. The lowest BCUT2D eigenvalue weighted by molar-refractivity contribution is -0.145. The van der Waals surface area contributed by atoms with Gasteiger partial charge >= 0.3 is 0 Å². The summed E-state index contributed by atoms with van der Waals surface area (Å²) in [6.07, 6.45) is 3.64. The van der Waals surface area contributed by atoms with Gasteiger partial charge in [-0.05, 0) is 81.9 Å². The minimum Gasteiger partial charge on any atom is -0.394 e. The Labute approximate surface area is 467 Å². The molecule has 2 aliphatic heterocycles. The molecule has 3 aromatic rings. The second-order valence-corrected chi connectivity index (χ2v) is 20.9. The summed E-state index contributed by atoms with van der Waals surface area (Å²) in [5.74, 6) is -7.58. The number of amides is 10. The number of nitrogens with zero attached hydrogens (tertiary/aromatic N) is 3. The van der Waals surface area contributed by atoms with Gasteiger partial charge in [-0.15, -0.1) is 0 Å². The average Bonchev–Trinajstić information content (AvgIpc) is 4.29. The molecule has 0 bridgehead atoms. The van der Waals surface area contributed by atoms with Crippen LogP contribution in [-0.2, 0) is 72.0 Å². The second-order valence-electron chi connectivity index (χ2n) is 19.9. The van der Waals surface area contributed by atoms with Crippen LogP contribution in [0.1, 0.15) is 82.5 Å². The van der Waals surface area contributed by atoms with Crippen LogP contribution in [0.4, 0.5) is 0 Å². The lowest BCUT2D eigenvalue weighted by atomic mass is 10.0. The summed E-state index contributed by atoms with van der Waals surface area (Å²) in [6, 6.07) is 5.91. The fraction of sp³-hybridized carbons (Fsp3) is 0.519. The molecule has 1 unspecified atom stereocenters. The summed E-state index contributed by atoms with van der Waals surface area (Å²) in [5, 5.41) is 39.8. The molecule has 12 N–H and O–H groups in total. The van der Waals surface area contributed by atoms with E-state index in [0.29, 0.717) is 29.9 Å². The number of primary amides is 1. The topological polar surface area (TPSA) is 374 Å². The van der Waals surface area contributed by atoms with Crippen molar-refractivity contribution in [3.8, 4) is 0 Å². The molecule has 26 heteroatoms. The number of rotatable bonds is 30. The van der Waals surface area contributed by atoms with Crippen molar-refractivity contribution in [3.05, 3.63) is 90.0 Å². The SMILES string of the molecule is CSCC[C@H](NC(C)=O)C(=O)N[C@@H](CCC(N)=O)C(=O)N[C@@H](CO)C(=O)N1CCC[C@H]1C(=O)N[C@@H](Cc1ccccc1)C(=O)NC(C(=O)N1CCC[C@H]1C(=O)N[C@@H](Cc1cnc[nH]1)C(=O)N[C@@H](Cc1ccccc1)C(C)=O)[C@@H](C)O. The number of benzene rings is 2. The molecule has 2 aromatic carbocycles. The van der Waals surface area contributed by atoms with Gasteiger partial charge in [0.2, 0.25) is 59.1 Å². The minimum absolute atomic E-state index is 0.000521. The maximum absolute atomic E-state index is 14.5. The van der Waals surface area contributed by atoms with E-state index in [-0.39, 0.29) is 70.2 Å². The molecule has 2 fully saturated rings. The first kappa shape index (κ1) is 63.1. The summed E-state index contributed by atoms with van der Waals surface area (Å²) in [7, 11) is 0. The number of likely N-dealkylation sites (tertiary alicyclic amines) is 2. The lowest BCUT2D eigenvalue weighted by Crippen LogP contribution is -2.62. The van der Waals surface area contributed by atoms with Crippen LogP contribution in [0.2, 0.25) is 0 Å². The van der Waals surface area contributed by atoms with E-state index in [1.54, 1.807) is 48.7 Å². The van der Waals surface area contributed by atoms with Gasteiger partial charge in [0, 0.05) is 51.2 Å². The lowest BCUT2D eigenvalue weighted by Gasteiger charge is -2.32. The molecule has 80 heavy (non-hydrogen) atoms. The van der Waals surface area contributed by atoms with E-state index in [0.717, 1.165) is 10.5 Å². The number of carbonyl (C=O) groups excluding carboxylic acids is 11. The number of H-pyrrole nitrogens is 1. The van der Waals surface area contributed by atoms with E-state index in [9.17, 15) is 63.0 Å². The van der Waals surface area contributed by atoms with Gasteiger partial charge in [0.05, 0.1) is 25.1 Å². The quantitative estimate of drug-likeness (QED) is 0.0338. The van der Waals surface area contributed by atoms with Crippen molar-refractivity contribution in [3.63, 3.8) is 0 Å². The van der Waals surface area contributed by atoms with Crippen LogP contribution in [-0.4, -0.2) is 187 Å². The monoisotopic (exact) mass is 1130 g/mol. The smallest absolute Gasteiger partial charge is 0.248 e. The Balaban J connectivity index is 1.30. The number of nitrogens with one attached hydrogen (secondary N) is 8. The number of aromatic amines is 1. The molecule has 2 aliphatic rings. The molecule has 10 amide bonds.